The molecule has 0 spiro atoms. The van der Waals surface area contributed by atoms with E-state index in [4.69, 9.17) is 33.2 Å². The fraction of sp³-hybridized carbons (Fsp3) is 0.804. The van der Waals surface area contributed by atoms with E-state index in [1.807, 2.05) is 68.1 Å². The van der Waals surface area contributed by atoms with Gasteiger partial charge in [0.25, 0.3) is 0 Å². The molecule has 3 fully saturated rings. The van der Waals surface area contributed by atoms with Crippen LogP contribution in [0.1, 0.15) is 130 Å². The molecule has 21 heteroatoms. The van der Waals surface area contributed by atoms with Gasteiger partial charge in [0.1, 0.15) is 60.3 Å². The number of nitrogens with zero attached hydrogens (tertiary/aromatic N) is 5. The van der Waals surface area contributed by atoms with Crippen LogP contribution < -0.4 is 0 Å². The highest BCUT2D eigenvalue weighted by Crippen LogP contribution is 2.41. The number of benzene rings is 1. The quantitative estimate of drug-likeness (QED) is 0.114. The number of carbonyl (C=O) groups is 1. The van der Waals surface area contributed by atoms with Crippen molar-refractivity contribution < 1.29 is 72.4 Å². The molecule has 1 aromatic carbocycles. The van der Waals surface area contributed by atoms with Crippen molar-refractivity contribution in [2.24, 2.45) is 17.8 Å². The maximum atomic E-state index is 15.0. The fourth-order valence-corrected chi connectivity index (χ4v) is 13.3. The fourth-order valence-electron chi connectivity index (χ4n) is 12.3. The monoisotopic (exact) mass is 1110 g/mol. The van der Waals surface area contributed by atoms with Crippen molar-refractivity contribution in [2.75, 3.05) is 59.6 Å². The summed E-state index contributed by atoms with van der Waals surface area (Å²) < 4.78 is 72.6. The summed E-state index contributed by atoms with van der Waals surface area (Å²) in [7, 11) is 6.75. The van der Waals surface area contributed by atoms with E-state index in [1.54, 1.807) is 54.7 Å². The number of cyclic esters (lactones) is 1. The molecule has 1 unspecified atom stereocenters. The van der Waals surface area contributed by atoms with Crippen LogP contribution in [0.5, 0.6) is 0 Å². The van der Waals surface area contributed by atoms with Crippen molar-refractivity contribution in [3.05, 3.63) is 53.4 Å². The summed E-state index contributed by atoms with van der Waals surface area (Å²) in [5.41, 5.74) is -1.04. The number of esters is 1. The van der Waals surface area contributed by atoms with Gasteiger partial charge in [-0.15, -0.1) is 5.10 Å². The number of hydrogen-bond acceptors (Lipinski definition) is 18. The van der Waals surface area contributed by atoms with Gasteiger partial charge >= 0.3 is 5.97 Å². The van der Waals surface area contributed by atoms with Crippen LogP contribution in [0.3, 0.4) is 0 Å². The van der Waals surface area contributed by atoms with Gasteiger partial charge in [-0.05, 0) is 122 Å². The van der Waals surface area contributed by atoms with Gasteiger partial charge < -0.3 is 73.0 Å². The van der Waals surface area contributed by atoms with E-state index in [0.29, 0.717) is 43.1 Å². The number of ether oxygens (including phenoxy) is 7. The van der Waals surface area contributed by atoms with E-state index in [-0.39, 0.29) is 25.2 Å². The number of methoxy groups -OCH3 is 2. The third kappa shape index (κ3) is 14.9. The normalized spacial score (nSPS) is 40.3. The maximum Gasteiger partial charge on any atom is 0.311 e. The number of aromatic nitrogens is 3. The topological polar surface area (TPSA) is 243 Å². The van der Waals surface area contributed by atoms with Crippen molar-refractivity contribution in [3.8, 4) is 0 Å². The molecule has 438 valence electrons. The molecular formula is C56H92FN5O14S. The lowest BCUT2D eigenvalue weighted by Crippen LogP contribution is -2.61. The van der Waals surface area contributed by atoms with E-state index in [0.717, 1.165) is 23.1 Å². The van der Waals surface area contributed by atoms with Gasteiger partial charge in [-0.1, -0.05) is 50.3 Å². The lowest BCUT2D eigenvalue weighted by Gasteiger charge is -2.49. The molecule has 3 saturated heterocycles. The van der Waals surface area contributed by atoms with Crippen LogP contribution in [0, 0.1) is 17.8 Å². The molecule has 77 heavy (non-hydrogen) atoms. The molecule has 2 aromatic rings. The number of aliphatic hydroxyl groups is 5. The zero-order chi connectivity index (χ0) is 56.9. The van der Waals surface area contributed by atoms with Crippen molar-refractivity contribution in [3.63, 3.8) is 0 Å². The molecule has 4 aliphatic heterocycles. The van der Waals surface area contributed by atoms with Crippen LogP contribution in [0.4, 0.5) is 4.39 Å². The van der Waals surface area contributed by atoms with Gasteiger partial charge in [0.2, 0.25) is 0 Å². The highest BCUT2D eigenvalue weighted by molar-refractivity contribution is 7.91. The molecule has 0 saturated carbocycles. The Balaban J connectivity index is 1.24. The first kappa shape index (κ1) is 63.5. The lowest BCUT2D eigenvalue weighted by atomic mass is 9.77. The lowest BCUT2D eigenvalue weighted by molar-refractivity contribution is -0.318. The number of aliphatic hydroxyl groups excluding tert-OH is 3. The van der Waals surface area contributed by atoms with Gasteiger partial charge in [0.15, 0.2) is 12.6 Å². The van der Waals surface area contributed by atoms with Gasteiger partial charge in [-0.3, -0.25) is 4.79 Å². The van der Waals surface area contributed by atoms with E-state index in [2.05, 4.69) is 10.3 Å². The number of hydrogen-bond donors (Lipinski definition) is 5. The summed E-state index contributed by atoms with van der Waals surface area (Å²) in [4.78, 5) is 18.4. The first-order chi connectivity index (χ1) is 36.2. The molecule has 21 atom stereocenters. The molecule has 0 aliphatic carbocycles. The Hall–Kier alpha value is -2.71. The minimum atomic E-state index is -1.86. The van der Waals surface area contributed by atoms with Crippen molar-refractivity contribution in [1.29, 1.82) is 0 Å². The zero-order valence-corrected chi connectivity index (χ0v) is 48.8. The summed E-state index contributed by atoms with van der Waals surface area (Å²) >= 11 is -0.828. The molecule has 0 amide bonds. The van der Waals surface area contributed by atoms with Gasteiger partial charge in [-0.2, -0.15) is 0 Å². The number of halogens is 1. The van der Waals surface area contributed by atoms with Gasteiger partial charge in [0.05, 0.1) is 47.2 Å². The van der Waals surface area contributed by atoms with Crippen LogP contribution >= 0.6 is 0 Å². The molecule has 0 bridgehead atoms. The van der Waals surface area contributed by atoms with Crippen molar-refractivity contribution in [2.45, 2.75) is 210 Å². The van der Waals surface area contributed by atoms with Gasteiger partial charge in [0, 0.05) is 70.8 Å². The maximum absolute atomic E-state index is 15.0. The second-order valence-corrected chi connectivity index (χ2v) is 25.0. The Morgan fingerprint density at radius 1 is 1.00 bits per heavy atom. The Labute approximate surface area is 459 Å². The molecule has 1 aromatic heterocycles. The average Bonchev–Trinajstić information content (AvgIpc) is 3.87. The number of alkyl halides is 1. The summed E-state index contributed by atoms with van der Waals surface area (Å²) in [6, 6.07) is 5.93. The Kier molecular flexibility index (Phi) is 22.2. The Morgan fingerprint density at radius 2 is 1.69 bits per heavy atom. The van der Waals surface area contributed by atoms with E-state index in [1.165, 1.54) is 25.8 Å². The number of carbonyl (C=O) groups excluding carboxylic acids is 1. The molecular weight excluding hydrogens is 1020 g/mol. The second-order valence-electron chi connectivity index (χ2n) is 23.4. The third-order valence-electron chi connectivity index (χ3n) is 17.2. The molecule has 19 nitrogen and oxygen atoms in total. The van der Waals surface area contributed by atoms with Crippen LogP contribution in [-0.2, 0) is 55.5 Å². The third-order valence-corrected chi connectivity index (χ3v) is 18.4. The van der Waals surface area contributed by atoms with E-state index >= 15 is 0 Å². The number of rotatable bonds is 16. The number of likely N-dealkylation sites (N-methyl/N-ethyl adjacent to an activating group) is 2. The van der Waals surface area contributed by atoms with Crippen molar-refractivity contribution in [1.82, 2.24) is 24.8 Å². The minimum absolute atomic E-state index is 0.0814. The zero-order valence-electron chi connectivity index (χ0n) is 48.0. The molecule has 6 rings (SSSR count). The largest absolute Gasteiger partial charge is 0.616 e. The van der Waals surface area contributed by atoms with Crippen LogP contribution in [0.25, 0.3) is 5.57 Å². The molecule has 5 N–H and O–H groups in total. The predicted molar refractivity (Wildman–Crippen MR) is 289 cm³/mol. The van der Waals surface area contributed by atoms with E-state index in [9.17, 15) is 39.3 Å². The summed E-state index contributed by atoms with van der Waals surface area (Å²) in [5.74, 6) is -1.72. The van der Waals surface area contributed by atoms with Crippen LogP contribution in [0.15, 0.2) is 36.5 Å². The first-order valence-electron chi connectivity index (χ1n) is 27.6. The van der Waals surface area contributed by atoms with Crippen molar-refractivity contribution >= 4 is 22.7 Å². The predicted octanol–water partition coefficient (Wildman–Crippen LogP) is 4.54. The highest BCUT2D eigenvalue weighted by atomic mass is 32.2. The average molecular weight is 1110 g/mol. The smallest absolute Gasteiger partial charge is 0.311 e. The number of allylic oxidation sites excluding steroid dienone is 1. The molecule has 0 radical (unpaired) electrons. The summed E-state index contributed by atoms with van der Waals surface area (Å²) in [6.45, 7) is 17.5. The Bertz CT molecular complexity index is 2210. The molecule has 4 aliphatic rings. The second kappa shape index (κ2) is 26.9. The van der Waals surface area contributed by atoms with Crippen LogP contribution in [-0.4, -0.2) is 211 Å². The summed E-state index contributed by atoms with van der Waals surface area (Å²) in [6.07, 6.45) is -5.29. The highest BCUT2D eigenvalue weighted by Gasteiger charge is 2.53. The Morgan fingerprint density at radius 3 is 2.30 bits per heavy atom. The standard InChI is InChI=1S/C56H92FN5O14S/c1-15-44-56(10,68)49(64)36(6)61(12)30-32(2)27-54(8,67)51(34(4)47(35(5)52(66)74-44)75-45-28-55(9,71-14)50(65)37(7)73-45)76-53-46(63)42(26-33(3)72-53)60(11)23-20-41-31-62(59-58-41)43(29-57)48(70-13)40-18-16-38(17-19-40)39-21-24-77(69)25-22-39/h16-19,21,31-37,42-51,53,63-65,67-68H,15,20,22-30H2,1-14H3/t32-,33-,34+,35-,36-,37+,42+,43-,44-,45+,46-,47+,48-,49-,50+,51-,53+,54-,55-,56-,77?/m1/s1. The summed E-state index contributed by atoms with van der Waals surface area (Å²) in [5, 5.41) is 68.7. The van der Waals surface area contributed by atoms with E-state index < -0.39 is 138 Å². The first-order valence-corrected chi connectivity index (χ1v) is 29.1. The van der Waals surface area contributed by atoms with Crippen LogP contribution in [0.2, 0.25) is 0 Å². The van der Waals surface area contributed by atoms with Gasteiger partial charge in [-0.25, -0.2) is 9.07 Å². The molecule has 5 heterocycles. The minimum Gasteiger partial charge on any atom is -0.616 e. The SMILES string of the molecule is CC[C@H]1OC(=O)[C@H](C)[C@@H](O[C@H]2C[C@@](C)(OC)[C@@H](O)[C@H](C)O2)[C@H](C)[C@@H](O[C@@H]2O[C@H](C)C[C@H](N(C)CCc3cn([C@H](CF)[C@H](OC)c4ccc(C5=CC[S+]([O-])CC5)cc4)nn3)[C@H]2O)[C@](C)(O)C[C@@H](C)CN(C)[C@H](C)[C@@H](O)[C@]1(C)O.